The number of ketones is 1. The molecule has 0 amide bonds. The fourth-order valence-corrected chi connectivity index (χ4v) is 3.62. The summed E-state index contributed by atoms with van der Waals surface area (Å²) in [5, 5.41) is 3.48. The number of carbonyl (C=O) groups excluding carboxylic acids is 1. The Hall–Kier alpha value is -0.370. The standard InChI is InChI=1S/C15H27NO/c1-3-12-7-6-8-13(11-12)14(17)15(2)9-4-5-10-16-15/h12-13,16H,3-11H2,1-2H3. The largest absolute Gasteiger partial charge is 0.305 e. The molecule has 3 unspecified atom stereocenters. The summed E-state index contributed by atoms with van der Waals surface area (Å²) in [6, 6.07) is 0. The van der Waals surface area contributed by atoms with E-state index < -0.39 is 0 Å². The summed E-state index contributed by atoms with van der Waals surface area (Å²) in [7, 11) is 0. The molecule has 2 aliphatic rings. The molecule has 0 spiro atoms. The van der Waals surface area contributed by atoms with Crippen molar-refractivity contribution in [3.05, 3.63) is 0 Å². The van der Waals surface area contributed by atoms with E-state index in [0.29, 0.717) is 11.7 Å². The summed E-state index contributed by atoms with van der Waals surface area (Å²) in [6.07, 6.45) is 9.59. The van der Waals surface area contributed by atoms with E-state index in [2.05, 4.69) is 19.2 Å². The van der Waals surface area contributed by atoms with E-state index in [1.54, 1.807) is 0 Å². The van der Waals surface area contributed by atoms with Gasteiger partial charge in [-0.25, -0.2) is 0 Å². The highest BCUT2D eigenvalue weighted by Crippen LogP contribution is 2.35. The quantitative estimate of drug-likeness (QED) is 0.816. The number of Topliss-reactive ketones (excluding diaryl/α,β-unsaturated/α-hetero) is 1. The normalized spacial score (nSPS) is 38.9. The Kier molecular flexibility index (Phi) is 4.24. The third kappa shape index (κ3) is 2.90. The predicted octanol–water partition coefficient (Wildman–Crippen LogP) is 3.30. The van der Waals surface area contributed by atoms with Gasteiger partial charge in [0.25, 0.3) is 0 Å². The Morgan fingerprint density at radius 2 is 2.12 bits per heavy atom. The molecule has 2 nitrogen and oxygen atoms in total. The molecular formula is C15H27NO. The van der Waals surface area contributed by atoms with E-state index in [9.17, 15) is 4.79 Å². The summed E-state index contributed by atoms with van der Waals surface area (Å²) in [6.45, 7) is 5.41. The molecule has 0 aromatic rings. The molecule has 0 aromatic carbocycles. The topological polar surface area (TPSA) is 29.1 Å². The van der Waals surface area contributed by atoms with Crippen molar-refractivity contribution in [2.45, 2.75) is 70.8 Å². The van der Waals surface area contributed by atoms with Crippen molar-refractivity contribution in [2.24, 2.45) is 11.8 Å². The number of rotatable bonds is 3. The maximum absolute atomic E-state index is 12.7. The summed E-state index contributed by atoms with van der Waals surface area (Å²) in [4.78, 5) is 12.7. The van der Waals surface area contributed by atoms with Crippen LogP contribution in [0.3, 0.4) is 0 Å². The smallest absolute Gasteiger partial charge is 0.155 e. The Morgan fingerprint density at radius 1 is 1.29 bits per heavy atom. The number of piperidine rings is 1. The van der Waals surface area contributed by atoms with Crippen LogP contribution in [0.25, 0.3) is 0 Å². The molecule has 1 N–H and O–H groups in total. The first-order valence-corrected chi connectivity index (χ1v) is 7.45. The minimum atomic E-state index is -0.210. The van der Waals surface area contributed by atoms with Crippen LogP contribution in [0.4, 0.5) is 0 Å². The Morgan fingerprint density at radius 3 is 2.76 bits per heavy atom. The average molecular weight is 237 g/mol. The van der Waals surface area contributed by atoms with Crippen LogP contribution in [0.15, 0.2) is 0 Å². The summed E-state index contributed by atoms with van der Waals surface area (Å²) in [5.74, 6) is 1.64. The second-order valence-electron chi connectivity index (χ2n) is 6.22. The van der Waals surface area contributed by atoms with Gasteiger partial charge in [-0.15, -0.1) is 0 Å². The number of carbonyl (C=O) groups is 1. The van der Waals surface area contributed by atoms with Gasteiger partial charge in [-0.05, 0) is 51.5 Å². The van der Waals surface area contributed by atoms with Crippen molar-refractivity contribution >= 4 is 5.78 Å². The summed E-state index contributed by atoms with van der Waals surface area (Å²) in [5.41, 5.74) is -0.210. The maximum Gasteiger partial charge on any atom is 0.155 e. The van der Waals surface area contributed by atoms with Gasteiger partial charge in [-0.1, -0.05) is 26.2 Å². The molecule has 0 aromatic heterocycles. The Labute approximate surface area is 106 Å². The molecule has 3 atom stereocenters. The van der Waals surface area contributed by atoms with E-state index in [-0.39, 0.29) is 5.54 Å². The Bertz CT molecular complexity index is 268. The van der Waals surface area contributed by atoms with Crippen LogP contribution in [0.1, 0.15) is 65.2 Å². The van der Waals surface area contributed by atoms with Crippen molar-refractivity contribution < 1.29 is 4.79 Å². The zero-order valence-electron chi connectivity index (χ0n) is 11.4. The number of nitrogens with one attached hydrogen (secondary N) is 1. The molecule has 17 heavy (non-hydrogen) atoms. The molecule has 1 saturated carbocycles. The summed E-state index contributed by atoms with van der Waals surface area (Å²) < 4.78 is 0. The Balaban J connectivity index is 1.98. The van der Waals surface area contributed by atoms with Gasteiger partial charge < -0.3 is 5.32 Å². The SMILES string of the molecule is CCC1CCCC(C(=O)C2(C)CCCCN2)C1. The van der Waals surface area contributed by atoms with Crippen LogP contribution in [0, 0.1) is 11.8 Å². The molecule has 0 radical (unpaired) electrons. The second-order valence-corrected chi connectivity index (χ2v) is 6.22. The van der Waals surface area contributed by atoms with Gasteiger partial charge in [0.15, 0.2) is 5.78 Å². The summed E-state index contributed by atoms with van der Waals surface area (Å²) >= 11 is 0. The van der Waals surface area contributed by atoms with E-state index in [4.69, 9.17) is 0 Å². The molecule has 0 bridgehead atoms. The van der Waals surface area contributed by atoms with Crippen LogP contribution in [0.2, 0.25) is 0 Å². The zero-order valence-corrected chi connectivity index (χ0v) is 11.4. The fraction of sp³-hybridized carbons (Fsp3) is 0.933. The first-order chi connectivity index (χ1) is 8.15. The lowest BCUT2D eigenvalue weighted by Gasteiger charge is -2.38. The predicted molar refractivity (Wildman–Crippen MR) is 71.0 cm³/mol. The van der Waals surface area contributed by atoms with E-state index >= 15 is 0 Å². The average Bonchev–Trinajstić information content (AvgIpc) is 2.39. The highest BCUT2D eigenvalue weighted by Gasteiger charge is 2.39. The van der Waals surface area contributed by atoms with E-state index in [1.165, 1.54) is 32.1 Å². The van der Waals surface area contributed by atoms with Gasteiger partial charge in [0.2, 0.25) is 0 Å². The molecule has 2 heteroatoms. The molecule has 98 valence electrons. The van der Waals surface area contributed by atoms with Crippen LogP contribution in [0.5, 0.6) is 0 Å². The first kappa shape index (κ1) is 13.1. The molecule has 1 aliphatic carbocycles. The van der Waals surface area contributed by atoms with Crippen LogP contribution < -0.4 is 5.32 Å². The van der Waals surface area contributed by atoms with Crippen LogP contribution >= 0.6 is 0 Å². The molecule has 1 aliphatic heterocycles. The van der Waals surface area contributed by atoms with Gasteiger partial charge in [0.05, 0.1) is 5.54 Å². The number of hydrogen-bond donors (Lipinski definition) is 1. The molecular weight excluding hydrogens is 210 g/mol. The van der Waals surface area contributed by atoms with Crippen molar-refractivity contribution in [1.82, 2.24) is 5.32 Å². The van der Waals surface area contributed by atoms with Crippen molar-refractivity contribution in [3.8, 4) is 0 Å². The lowest BCUT2D eigenvalue weighted by Crippen LogP contribution is -2.54. The minimum absolute atomic E-state index is 0.210. The number of hydrogen-bond acceptors (Lipinski definition) is 2. The molecule has 1 heterocycles. The van der Waals surface area contributed by atoms with Crippen molar-refractivity contribution in [1.29, 1.82) is 0 Å². The highest BCUT2D eigenvalue weighted by atomic mass is 16.1. The molecule has 1 saturated heterocycles. The van der Waals surface area contributed by atoms with Crippen molar-refractivity contribution in [2.75, 3.05) is 6.54 Å². The van der Waals surface area contributed by atoms with Gasteiger partial charge >= 0.3 is 0 Å². The maximum atomic E-state index is 12.7. The first-order valence-electron chi connectivity index (χ1n) is 7.45. The second kappa shape index (κ2) is 5.51. The van der Waals surface area contributed by atoms with E-state index in [0.717, 1.165) is 31.7 Å². The zero-order chi connectivity index (χ0) is 12.3. The van der Waals surface area contributed by atoms with Gasteiger partial charge in [0.1, 0.15) is 0 Å². The molecule has 2 fully saturated rings. The lowest BCUT2D eigenvalue weighted by molar-refractivity contribution is -0.131. The lowest BCUT2D eigenvalue weighted by atomic mass is 9.72. The van der Waals surface area contributed by atoms with Gasteiger partial charge in [0, 0.05) is 5.92 Å². The van der Waals surface area contributed by atoms with Gasteiger partial charge in [-0.2, -0.15) is 0 Å². The minimum Gasteiger partial charge on any atom is -0.305 e. The van der Waals surface area contributed by atoms with Crippen molar-refractivity contribution in [3.63, 3.8) is 0 Å². The van der Waals surface area contributed by atoms with Gasteiger partial charge in [-0.3, -0.25) is 4.79 Å². The highest BCUT2D eigenvalue weighted by molar-refractivity contribution is 5.90. The third-order valence-electron chi connectivity index (χ3n) is 4.89. The third-order valence-corrected chi connectivity index (χ3v) is 4.89. The van der Waals surface area contributed by atoms with E-state index in [1.807, 2.05) is 0 Å². The molecule has 2 rings (SSSR count). The fourth-order valence-electron chi connectivity index (χ4n) is 3.62. The monoisotopic (exact) mass is 237 g/mol. The van der Waals surface area contributed by atoms with Crippen LogP contribution in [-0.4, -0.2) is 17.9 Å². The van der Waals surface area contributed by atoms with Crippen LogP contribution in [-0.2, 0) is 4.79 Å².